The average molecular weight is 587 g/mol. The maximum atomic E-state index is 13.0. The summed E-state index contributed by atoms with van der Waals surface area (Å²) in [5, 5.41) is 14.7. The number of rotatable bonds is 9. The molecule has 2 aromatic carbocycles. The fourth-order valence-corrected chi connectivity index (χ4v) is 5.99. The summed E-state index contributed by atoms with van der Waals surface area (Å²) in [5.41, 5.74) is 1.31. The van der Waals surface area contributed by atoms with Crippen molar-refractivity contribution < 1.29 is 22.3 Å². The first-order chi connectivity index (χ1) is 18.6. The summed E-state index contributed by atoms with van der Waals surface area (Å²) in [6.07, 6.45) is 2.81. The predicted molar refractivity (Wildman–Crippen MR) is 155 cm³/mol. The Morgan fingerprint density at radius 2 is 1.77 bits per heavy atom. The molecule has 0 unspecified atom stereocenters. The lowest BCUT2D eigenvalue weighted by Gasteiger charge is -2.34. The number of pyridine rings is 1. The Bertz CT molecular complexity index is 1690. The van der Waals surface area contributed by atoms with Gasteiger partial charge in [0.15, 0.2) is 11.5 Å². The van der Waals surface area contributed by atoms with Crippen LogP contribution >= 0.6 is 11.6 Å². The molecule has 4 aromatic rings. The molecule has 12 heteroatoms. The van der Waals surface area contributed by atoms with E-state index in [1.807, 2.05) is 28.8 Å². The van der Waals surface area contributed by atoms with Gasteiger partial charge in [0, 0.05) is 23.4 Å². The van der Waals surface area contributed by atoms with Gasteiger partial charge in [-0.3, -0.25) is 14.5 Å². The number of hydrogen-bond acceptors (Lipinski definition) is 8. The van der Waals surface area contributed by atoms with E-state index in [2.05, 4.69) is 39.9 Å². The average Bonchev–Trinajstić information content (AvgIpc) is 3.20. The van der Waals surface area contributed by atoms with E-state index in [9.17, 15) is 18.5 Å². The van der Waals surface area contributed by atoms with Crippen LogP contribution in [-0.2, 0) is 10.1 Å². The van der Waals surface area contributed by atoms with Gasteiger partial charge in [-0.05, 0) is 68.1 Å². The van der Waals surface area contributed by atoms with E-state index >= 15 is 0 Å². The van der Waals surface area contributed by atoms with Crippen molar-refractivity contribution in [3.8, 4) is 22.8 Å². The van der Waals surface area contributed by atoms with Gasteiger partial charge < -0.3 is 14.2 Å². The smallest absolute Gasteiger partial charge is 0.339 e. The van der Waals surface area contributed by atoms with E-state index in [1.54, 1.807) is 12.1 Å². The van der Waals surface area contributed by atoms with Crippen LogP contribution in [-0.4, -0.2) is 35.4 Å². The number of fused-ring (bicyclic) bond motifs is 1. The number of nitrogens with one attached hydrogen (secondary N) is 1. The highest BCUT2D eigenvalue weighted by Crippen LogP contribution is 2.39. The number of benzene rings is 2. The second-order valence-corrected chi connectivity index (χ2v) is 13.2. The second kappa shape index (κ2) is 10.6. The molecule has 0 spiro atoms. The normalized spacial score (nSPS) is 12.4. The third-order valence-corrected chi connectivity index (χ3v) is 7.55. The zero-order valence-corrected chi connectivity index (χ0v) is 24.6. The quantitative estimate of drug-likeness (QED) is 0.127. The molecule has 40 heavy (non-hydrogen) atoms. The number of anilines is 1. The van der Waals surface area contributed by atoms with E-state index in [-0.39, 0.29) is 27.5 Å². The van der Waals surface area contributed by atoms with Crippen LogP contribution in [0.4, 0.5) is 11.5 Å². The molecule has 1 N–H and O–H groups in total. The summed E-state index contributed by atoms with van der Waals surface area (Å²) in [6.45, 7) is 10.8. The lowest BCUT2D eigenvalue weighted by Crippen LogP contribution is -2.36. The SMILES string of the molecule is COc1cc(-c2nc3ccccn3c2NC(C)(C)CC(C)(C)C)ccc1OS(=O)(=O)c1ccc(Cl)c([N+](=O)[O-])c1. The van der Waals surface area contributed by atoms with Crippen molar-refractivity contribution >= 4 is 38.9 Å². The first kappa shape index (κ1) is 29.2. The van der Waals surface area contributed by atoms with Gasteiger partial charge in [0.1, 0.15) is 27.1 Å². The third kappa shape index (κ3) is 6.31. The molecule has 0 aliphatic rings. The zero-order chi connectivity index (χ0) is 29.5. The Balaban J connectivity index is 1.74. The van der Waals surface area contributed by atoms with Gasteiger partial charge in [0.25, 0.3) is 5.69 Å². The molecule has 212 valence electrons. The fraction of sp³-hybridized carbons (Fsp3) is 0.321. The predicted octanol–water partition coefficient (Wildman–Crippen LogP) is 6.97. The molecular formula is C28H31ClN4O6S. The van der Waals surface area contributed by atoms with Crippen LogP contribution in [0.25, 0.3) is 16.9 Å². The first-order valence-corrected chi connectivity index (χ1v) is 14.2. The molecule has 0 amide bonds. The minimum absolute atomic E-state index is 0.0787. The van der Waals surface area contributed by atoms with Crippen molar-refractivity contribution in [3.05, 3.63) is 75.9 Å². The van der Waals surface area contributed by atoms with Gasteiger partial charge in [-0.25, -0.2) is 4.98 Å². The van der Waals surface area contributed by atoms with E-state index in [1.165, 1.54) is 13.2 Å². The van der Waals surface area contributed by atoms with Crippen LogP contribution in [0.15, 0.2) is 65.7 Å². The van der Waals surface area contributed by atoms with E-state index < -0.39 is 25.6 Å². The largest absolute Gasteiger partial charge is 0.493 e. The Labute approximate surface area is 238 Å². The first-order valence-electron chi connectivity index (χ1n) is 12.4. The summed E-state index contributed by atoms with van der Waals surface area (Å²) >= 11 is 5.83. The Hall–Kier alpha value is -3.83. The molecule has 0 saturated heterocycles. The van der Waals surface area contributed by atoms with Crippen molar-refractivity contribution in [2.75, 3.05) is 12.4 Å². The third-order valence-electron chi connectivity index (χ3n) is 6.00. The molecule has 0 atom stereocenters. The maximum absolute atomic E-state index is 13.0. The highest BCUT2D eigenvalue weighted by molar-refractivity contribution is 7.87. The fourth-order valence-electron chi connectivity index (χ4n) is 4.85. The highest BCUT2D eigenvalue weighted by atomic mass is 35.5. The number of ether oxygens (including phenoxy) is 1. The van der Waals surface area contributed by atoms with Gasteiger partial charge in [0.2, 0.25) is 0 Å². The Morgan fingerprint density at radius 3 is 2.42 bits per heavy atom. The number of hydrogen-bond donors (Lipinski definition) is 1. The number of nitrogens with zero attached hydrogens (tertiary/aromatic N) is 3. The minimum Gasteiger partial charge on any atom is -0.493 e. The summed E-state index contributed by atoms with van der Waals surface area (Å²) in [7, 11) is -3.05. The van der Waals surface area contributed by atoms with Gasteiger partial charge in [-0.15, -0.1) is 0 Å². The van der Waals surface area contributed by atoms with Crippen LogP contribution in [0, 0.1) is 15.5 Å². The van der Waals surface area contributed by atoms with Crippen LogP contribution in [0.3, 0.4) is 0 Å². The molecule has 2 heterocycles. The molecule has 0 radical (unpaired) electrons. The number of imidazole rings is 1. The lowest BCUT2D eigenvalue weighted by molar-refractivity contribution is -0.384. The van der Waals surface area contributed by atoms with Crippen molar-refractivity contribution in [2.24, 2.45) is 5.41 Å². The van der Waals surface area contributed by atoms with E-state index in [0.29, 0.717) is 11.3 Å². The monoisotopic (exact) mass is 586 g/mol. The molecule has 0 fully saturated rings. The molecule has 0 bridgehead atoms. The van der Waals surface area contributed by atoms with Crippen molar-refractivity contribution in [1.29, 1.82) is 0 Å². The summed E-state index contributed by atoms with van der Waals surface area (Å²) in [4.78, 5) is 14.9. The van der Waals surface area contributed by atoms with Gasteiger partial charge in [-0.1, -0.05) is 38.4 Å². The minimum atomic E-state index is -4.44. The maximum Gasteiger partial charge on any atom is 0.339 e. The van der Waals surface area contributed by atoms with Crippen LogP contribution in [0.1, 0.15) is 41.0 Å². The summed E-state index contributed by atoms with van der Waals surface area (Å²) in [5.74, 6) is 0.832. The number of methoxy groups -OCH3 is 1. The standard InChI is InChI=1S/C28H31ClN4O6S/c1-27(2,3)17-28(4,5)31-26-25(30-24-9-7-8-14-32(24)26)18-10-13-22(23(15-18)38-6)39-40(36,37)19-11-12-20(29)21(16-19)33(34)35/h7-16,31H,17H2,1-6H3. The van der Waals surface area contributed by atoms with E-state index in [0.717, 1.165) is 36.1 Å². The Morgan fingerprint density at radius 1 is 1.05 bits per heavy atom. The number of nitro groups is 1. The second-order valence-electron chi connectivity index (χ2n) is 11.3. The van der Waals surface area contributed by atoms with Gasteiger partial charge in [0.05, 0.1) is 12.0 Å². The molecule has 10 nitrogen and oxygen atoms in total. The molecule has 0 aliphatic carbocycles. The molecule has 0 aliphatic heterocycles. The van der Waals surface area contributed by atoms with Crippen molar-refractivity contribution in [3.63, 3.8) is 0 Å². The number of nitro benzene ring substituents is 1. The summed E-state index contributed by atoms with van der Waals surface area (Å²) < 4.78 is 38.8. The number of aromatic nitrogens is 2. The Kier molecular flexibility index (Phi) is 7.75. The zero-order valence-electron chi connectivity index (χ0n) is 23.1. The van der Waals surface area contributed by atoms with Crippen LogP contribution in [0.2, 0.25) is 5.02 Å². The lowest BCUT2D eigenvalue weighted by atomic mass is 9.82. The topological polar surface area (TPSA) is 125 Å². The van der Waals surface area contributed by atoms with Gasteiger partial charge >= 0.3 is 10.1 Å². The number of halogens is 1. The molecule has 4 rings (SSSR count). The molecule has 0 saturated carbocycles. The van der Waals surface area contributed by atoms with E-state index in [4.69, 9.17) is 25.5 Å². The van der Waals surface area contributed by atoms with Crippen LogP contribution in [0.5, 0.6) is 11.5 Å². The van der Waals surface area contributed by atoms with Crippen molar-refractivity contribution in [1.82, 2.24) is 9.38 Å². The molecule has 2 aromatic heterocycles. The molecular weight excluding hydrogens is 556 g/mol. The van der Waals surface area contributed by atoms with Crippen molar-refractivity contribution in [2.45, 2.75) is 51.5 Å². The van der Waals surface area contributed by atoms with Gasteiger partial charge in [-0.2, -0.15) is 8.42 Å². The summed E-state index contributed by atoms with van der Waals surface area (Å²) in [6, 6.07) is 13.6. The van der Waals surface area contributed by atoms with Crippen LogP contribution < -0.4 is 14.2 Å². The highest BCUT2D eigenvalue weighted by Gasteiger charge is 2.29.